The van der Waals surface area contributed by atoms with Gasteiger partial charge in [-0.1, -0.05) is 44.2 Å². The van der Waals surface area contributed by atoms with E-state index < -0.39 is 0 Å². The maximum atomic E-state index is 6.00. The van der Waals surface area contributed by atoms with Crippen LogP contribution >= 0.6 is 0 Å². The van der Waals surface area contributed by atoms with Crippen molar-refractivity contribution in [2.24, 2.45) is 0 Å². The first-order chi connectivity index (χ1) is 8.66. The van der Waals surface area contributed by atoms with Crippen LogP contribution in [0.2, 0.25) is 0 Å². The van der Waals surface area contributed by atoms with Crippen LogP contribution in [-0.2, 0) is 6.54 Å². The molecule has 1 heterocycles. The molecule has 0 fully saturated rings. The van der Waals surface area contributed by atoms with E-state index in [-0.39, 0.29) is 0 Å². The molecule has 3 N–H and O–H groups in total. The maximum Gasteiger partial charge on any atom is 0.149 e. The minimum absolute atomic E-state index is 0.447. The largest absolute Gasteiger partial charge is 0.396 e. The van der Waals surface area contributed by atoms with E-state index in [1.54, 1.807) is 0 Å². The Morgan fingerprint density at radius 2 is 1.94 bits per heavy atom. The van der Waals surface area contributed by atoms with Crippen LogP contribution in [-0.4, -0.2) is 4.98 Å². The van der Waals surface area contributed by atoms with Crippen LogP contribution in [0.3, 0.4) is 0 Å². The lowest BCUT2D eigenvalue weighted by Crippen LogP contribution is -2.05. The van der Waals surface area contributed by atoms with E-state index in [2.05, 4.69) is 36.3 Å². The summed E-state index contributed by atoms with van der Waals surface area (Å²) >= 11 is 0. The summed E-state index contributed by atoms with van der Waals surface area (Å²) in [4.78, 5) is 4.38. The Kier molecular flexibility index (Phi) is 3.82. The molecule has 3 nitrogen and oxygen atoms in total. The molecule has 0 aliphatic rings. The van der Waals surface area contributed by atoms with Crippen molar-refractivity contribution in [3.05, 3.63) is 53.7 Å². The van der Waals surface area contributed by atoms with Crippen LogP contribution in [0.25, 0.3) is 0 Å². The third-order valence-electron chi connectivity index (χ3n) is 2.91. The maximum absolute atomic E-state index is 6.00. The van der Waals surface area contributed by atoms with Gasteiger partial charge >= 0.3 is 0 Å². The second-order valence-corrected chi connectivity index (χ2v) is 4.70. The van der Waals surface area contributed by atoms with Crippen LogP contribution < -0.4 is 11.1 Å². The summed E-state index contributed by atoms with van der Waals surface area (Å²) in [6.45, 7) is 5.00. The van der Waals surface area contributed by atoms with Gasteiger partial charge in [0.05, 0.1) is 5.69 Å². The van der Waals surface area contributed by atoms with Gasteiger partial charge in [-0.05, 0) is 23.1 Å². The highest BCUT2D eigenvalue weighted by atomic mass is 15.0. The Labute approximate surface area is 108 Å². The average molecular weight is 241 g/mol. The number of anilines is 2. The minimum atomic E-state index is 0.447. The van der Waals surface area contributed by atoms with Crippen LogP contribution in [0.1, 0.15) is 30.9 Å². The minimum Gasteiger partial charge on any atom is -0.396 e. The van der Waals surface area contributed by atoms with E-state index in [9.17, 15) is 0 Å². The SMILES string of the molecule is CC(C)c1cnc(NCc2ccccc2)c(N)c1. The molecule has 0 radical (unpaired) electrons. The molecule has 2 aromatic rings. The van der Waals surface area contributed by atoms with Gasteiger partial charge in [-0.15, -0.1) is 0 Å². The molecule has 1 aromatic heterocycles. The van der Waals surface area contributed by atoms with Gasteiger partial charge in [0.1, 0.15) is 5.82 Å². The lowest BCUT2D eigenvalue weighted by atomic mass is 10.1. The zero-order valence-corrected chi connectivity index (χ0v) is 10.9. The Balaban J connectivity index is 2.06. The number of nitrogens with two attached hydrogens (primary N) is 1. The molecule has 0 aliphatic heterocycles. The Hall–Kier alpha value is -2.03. The molecular formula is C15H19N3. The predicted molar refractivity (Wildman–Crippen MR) is 76.5 cm³/mol. The molecule has 3 heteroatoms. The highest BCUT2D eigenvalue weighted by Gasteiger charge is 2.05. The summed E-state index contributed by atoms with van der Waals surface area (Å²) < 4.78 is 0. The monoisotopic (exact) mass is 241 g/mol. The van der Waals surface area contributed by atoms with Gasteiger partial charge in [-0.3, -0.25) is 0 Å². The third-order valence-corrected chi connectivity index (χ3v) is 2.91. The fourth-order valence-corrected chi connectivity index (χ4v) is 1.74. The number of nitrogens with zero attached hydrogens (tertiary/aromatic N) is 1. The van der Waals surface area contributed by atoms with Gasteiger partial charge < -0.3 is 11.1 Å². The molecule has 0 unspecified atom stereocenters. The Morgan fingerprint density at radius 3 is 2.56 bits per heavy atom. The fraction of sp³-hybridized carbons (Fsp3) is 0.267. The molecule has 18 heavy (non-hydrogen) atoms. The van der Waals surface area contributed by atoms with Gasteiger partial charge in [-0.25, -0.2) is 4.98 Å². The molecule has 0 saturated carbocycles. The van der Waals surface area contributed by atoms with Crippen LogP contribution in [0.5, 0.6) is 0 Å². The number of pyridine rings is 1. The molecule has 0 spiro atoms. The van der Waals surface area contributed by atoms with Crippen molar-refractivity contribution in [1.82, 2.24) is 4.98 Å². The molecule has 0 saturated heterocycles. The van der Waals surface area contributed by atoms with E-state index in [4.69, 9.17) is 5.73 Å². The Bertz CT molecular complexity index is 506. The zero-order valence-electron chi connectivity index (χ0n) is 10.9. The molecule has 0 bridgehead atoms. The summed E-state index contributed by atoms with van der Waals surface area (Å²) in [7, 11) is 0. The van der Waals surface area contributed by atoms with Crippen molar-refractivity contribution < 1.29 is 0 Å². The van der Waals surface area contributed by atoms with Crippen molar-refractivity contribution in [3.8, 4) is 0 Å². The lowest BCUT2D eigenvalue weighted by molar-refractivity contribution is 0.859. The van der Waals surface area contributed by atoms with Crippen molar-refractivity contribution >= 4 is 11.5 Å². The smallest absolute Gasteiger partial charge is 0.149 e. The fourth-order valence-electron chi connectivity index (χ4n) is 1.74. The summed E-state index contributed by atoms with van der Waals surface area (Å²) in [5.74, 6) is 1.20. The first-order valence-electron chi connectivity index (χ1n) is 6.20. The molecule has 0 amide bonds. The van der Waals surface area contributed by atoms with E-state index >= 15 is 0 Å². The topological polar surface area (TPSA) is 50.9 Å². The van der Waals surface area contributed by atoms with Crippen LogP contribution in [0.15, 0.2) is 42.6 Å². The number of rotatable bonds is 4. The van der Waals surface area contributed by atoms with Crippen molar-refractivity contribution in [2.75, 3.05) is 11.1 Å². The van der Waals surface area contributed by atoms with Crippen molar-refractivity contribution in [1.29, 1.82) is 0 Å². The molecular weight excluding hydrogens is 222 g/mol. The highest BCUT2D eigenvalue weighted by molar-refractivity contribution is 5.62. The standard InChI is InChI=1S/C15H19N3/c1-11(2)13-8-14(16)15(18-10-13)17-9-12-6-4-3-5-7-12/h3-8,10-11H,9,16H2,1-2H3,(H,17,18). The number of nitrogen functional groups attached to an aromatic ring is 1. The predicted octanol–water partition coefficient (Wildman–Crippen LogP) is 3.40. The number of hydrogen-bond donors (Lipinski definition) is 2. The lowest BCUT2D eigenvalue weighted by Gasteiger charge is -2.11. The molecule has 1 aromatic carbocycles. The summed E-state index contributed by atoms with van der Waals surface area (Å²) in [5, 5.41) is 3.26. The van der Waals surface area contributed by atoms with E-state index in [1.807, 2.05) is 30.5 Å². The summed E-state index contributed by atoms with van der Waals surface area (Å²) in [5.41, 5.74) is 9.08. The molecule has 0 aliphatic carbocycles. The van der Waals surface area contributed by atoms with Crippen molar-refractivity contribution in [2.45, 2.75) is 26.3 Å². The van der Waals surface area contributed by atoms with E-state index in [0.717, 1.165) is 17.9 Å². The Morgan fingerprint density at radius 1 is 1.22 bits per heavy atom. The number of nitrogens with one attached hydrogen (secondary N) is 1. The quantitative estimate of drug-likeness (QED) is 0.862. The second kappa shape index (κ2) is 5.54. The number of hydrogen-bond acceptors (Lipinski definition) is 3. The van der Waals surface area contributed by atoms with Gasteiger partial charge in [0.25, 0.3) is 0 Å². The first kappa shape index (κ1) is 12.4. The average Bonchev–Trinajstić information content (AvgIpc) is 2.38. The van der Waals surface area contributed by atoms with Crippen LogP contribution in [0.4, 0.5) is 11.5 Å². The van der Waals surface area contributed by atoms with Gasteiger partial charge in [0.15, 0.2) is 0 Å². The third kappa shape index (κ3) is 3.00. The summed E-state index contributed by atoms with van der Waals surface area (Å²) in [6, 6.07) is 12.2. The highest BCUT2D eigenvalue weighted by Crippen LogP contribution is 2.21. The summed E-state index contributed by atoms with van der Waals surface area (Å²) in [6.07, 6.45) is 1.88. The van der Waals surface area contributed by atoms with Crippen LogP contribution in [0, 0.1) is 0 Å². The number of aromatic nitrogens is 1. The van der Waals surface area contributed by atoms with Crippen molar-refractivity contribution in [3.63, 3.8) is 0 Å². The molecule has 94 valence electrons. The second-order valence-electron chi connectivity index (χ2n) is 4.70. The van der Waals surface area contributed by atoms with E-state index in [1.165, 1.54) is 5.56 Å². The van der Waals surface area contributed by atoms with E-state index in [0.29, 0.717) is 11.6 Å². The molecule has 2 rings (SSSR count). The molecule has 0 atom stereocenters. The normalized spacial score (nSPS) is 10.6. The van der Waals surface area contributed by atoms with Gasteiger partial charge in [-0.2, -0.15) is 0 Å². The first-order valence-corrected chi connectivity index (χ1v) is 6.20. The van der Waals surface area contributed by atoms with Gasteiger partial charge in [0.2, 0.25) is 0 Å². The zero-order chi connectivity index (χ0) is 13.0. The van der Waals surface area contributed by atoms with Gasteiger partial charge in [0, 0.05) is 12.7 Å². The number of benzene rings is 1.